The molecule has 1 heterocycles. The van der Waals surface area contributed by atoms with E-state index in [-0.39, 0.29) is 23.8 Å². The van der Waals surface area contributed by atoms with Crippen LogP contribution in [0.3, 0.4) is 0 Å². The van der Waals surface area contributed by atoms with Crippen molar-refractivity contribution in [2.45, 2.75) is 65.2 Å². The van der Waals surface area contributed by atoms with Crippen molar-refractivity contribution in [3.63, 3.8) is 0 Å². The van der Waals surface area contributed by atoms with E-state index in [2.05, 4.69) is 33.0 Å². The van der Waals surface area contributed by atoms with E-state index in [0.29, 0.717) is 24.5 Å². The molecular formula is C32H44N4O4. The summed E-state index contributed by atoms with van der Waals surface area (Å²) in [5.41, 5.74) is 3.17. The van der Waals surface area contributed by atoms with Gasteiger partial charge in [0.05, 0.1) is 25.1 Å². The lowest BCUT2D eigenvalue weighted by atomic mass is 9.92. The third kappa shape index (κ3) is 8.68. The third-order valence-corrected chi connectivity index (χ3v) is 6.77. The summed E-state index contributed by atoms with van der Waals surface area (Å²) in [4.78, 5) is 28.2. The second kappa shape index (κ2) is 14.7. The van der Waals surface area contributed by atoms with Crippen molar-refractivity contribution in [3.05, 3.63) is 71.4 Å². The SMILES string of the molecule is CCCCCCc1ccc(C(=O)N(CCOC)CC(=O)Nc2cc(C(C)(C)C)nn2-c2ccc(OC)cc2)cc1. The van der Waals surface area contributed by atoms with Crippen LogP contribution >= 0.6 is 0 Å². The first kappa shape index (κ1) is 30.9. The number of methoxy groups -OCH3 is 2. The van der Waals surface area contributed by atoms with Crippen LogP contribution in [-0.2, 0) is 21.4 Å². The maximum absolute atomic E-state index is 13.4. The normalized spacial score (nSPS) is 11.3. The number of nitrogens with zero attached hydrogens (tertiary/aromatic N) is 3. The van der Waals surface area contributed by atoms with Crippen molar-refractivity contribution in [3.8, 4) is 11.4 Å². The Morgan fingerprint density at radius 1 is 0.975 bits per heavy atom. The maximum atomic E-state index is 13.4. The van der Waals surface area contributed by atoms with Crippen LogP contribution in [0.1, 0.15) is 75.0 Å². The number of benzene rings is 2. The van der Waals surface area contributed by atoms with Crippen LogP contribution in [0.4, 0.5) is 5.82 Å². The number of ether oxygens (including phenoxy) is 2. The first-order valence-electron chi connectivity index (χ1n) is 14.1. The number of carbonyl (C=O) groups is 2. The number of aromatic nitrogens is 2. The summed E-state index contributed by atoms with van der Waals surface area (Å²) in [7, 11) is 3.20. The van der Waals surface area contributed by atoms with E-state index in [1.165, 1.54) is 29.7 Å². The average molecular weight is 549 g/mol. The minimum absolute atomic E-state index is 0.112. The van der Waals surface area contributed by atoms with Crippen molar-refractivity contribution >= 4 is 17.6 Å². The minimum atomic E-state index is -0.313. The van der Waals surface area contributed by atoms with Gasteiger partial charge in [0, 0.05) is 30.7 Å². The Morgan fingerprint density at radius 3 is 2.27 bits per heavy atom. The van der Waals surface area contributed by atoms with E-state index in [9.17, 15) is 9.59 Å². The van der Waals surface area contributed by atoms with Crippen molar-refractivity contribution in [2.75, 3.05) is 39.2 Å². The first-order chi connectivity index (χ1) is 19.2. The quantitative estimate of drug-likeness (QED) is 0.249. The van der Waals surface area contributed by atoms with Crippen molar-refractivity contribution < 1.29 is 19.1 Å². The number of unbranched alkanes of at least 4 members (excludes halogenated alkanes) is 3. The molecule has 3 aromatic rings. The van der Waals surface area contributed by atoms with Gasteiger partial charge in [-0.05, 0) is 54.8 Å². The first-order valence-corrected chi connectivity index (χ1v) is 14.1. The van der Waals surface area contributed by atoms with Gasteiger partial charge in [-0.25, -0.2) is 4.68 Å². The number of carbonyl (C=O) groups excluding carboxylic acids is 2. The molecular weight excluding hydrogens is 504 g/mol. The van der Waals surface area contributed by atoms with Gasteiger partial charge in [0.15, 0.2) is 0 Å². The molecule has 1 aromatic heterocycles. The van der Waals surface area contributed by atoms with Crippen LogP contribution in [0.5, 0.6) is 5.75 Å². The van der Waals surface area contributed by atoms with Gasteiger partial charge in [-0.15, -0.1) is 0 Å². The summed E-state index contributed by atoms with van der Waals surface area (Å²) in [6, 6.07) is 17.1. The fourth-order valence-corrected chi connectivity index (χ4v) is 4.32. The molecule has 0 unspecified atom stereocenters. The molecule has 0 spiro atoms. The van der Waals surface area contributed by atoms with Crippen LogP contribution in [0.25, 0.3) is 5.69 Å². The van der Waals surface area contributed by atoms with Crippen molar-refractivity contribution in [1.29, 1.82) is 0 Å². The molecule has 2 amide bonds. The summed E-state index contributed by atoms with van der Waals surface area (Å²) in [5, 5.41) is 7.75. The number of anilines is 1. The van der Waals surface area contributed by atoms with E-state index in [1.54, 1.807) is 18.9 Å². The zero-order valence-electron chi connectivity index (χ0n) is 24.8. The highest BCUT2D eigenvalue weighted by Crippen LogP contribution is 2.27. The van der Waals surface area contributed by atoms with Gasteiger partial charge in [-0.2, -0.15) is 5.10 Å². The largest absolute Gasteiger partial charge is 0.497 e. The molecule has 0 atom stereocenters. The number of amides is 2. The zero-order chi connectivity index (χ0) is 29.1. The molecule has 2 aromatic carbocycles. The number of nitrogens with one attached hydrogen (secondary N) is 1. The third-order valence-electron chi connectivity index (χ3n) is 6.77. The van der Waals surface area contributed by atoms with Crippen LogP contribution in [0.15, 0.2) is 54.6 Å². The molecule has 0 aliphatic heterocycles. The minimum Gasteiger partial charge on any atom is -0.497 e. The molecule has 0 aliphatic rings. The number of aryl methyl sites for hydroxylation is 1. The molecule has 0 fully saturated rings. The molecule has 40 heavy (non-hydrogen) atoms. The summed E-state index contributed by atoms with van der Waals surface area (Å²) in [6.45, 7) is 8.93. The maximum Gasteiger partial charge on any atom is 0.254 e. The van der Waals surface area contributed by atoms with Gasteiger partial charge in [0.1, 0.15) is 18.1 Å². The number of rotatable bonds is 14. The van der Waals surface area contributed by atoms with E-state index in [1.807, 2.05) is 54.6 Å². The lowest BCUT2D eigenvalue weighted by Crippen LogP contribution is -2.40. The summed E-state index contributed by atoms with van der Waals surface area (Å²) >= 11 is 0. The standard InChI is InChI=1S/C32H44N4O4/c1-7-8-9-10-11-24-12-14-25(15-13-24)31(38)35(20-21-39-5)23-30(37)33-29-22-28(32(2,3)4)34-36(29)26-16-18-27(40-6)19-17-26/h12-19,22H,7-11,20-21,23H2,1-6H3,(H,33,37). The Hall–Kier alpha value is -3.65. The van der Waals surface area contributed by atoms with Gasteiger partial charge >= 0.3 is 0 Å². The average Bonchev–Trinajstić information content (AvgIpc) is 3.37. The fourth-order valence-electron chi connectivity index (χ4n) is 4.32. The van der Waals surface area contributed by atoms with E-state index >= 15 is 0 Å². The van der Waals surface area contributed by atoms with Crippen molar-refractivity contribution in [2.24, 2.45) is 0 Å². The summed E-state index contributed by atoms with van der Waals surface area (Å²) in [5.74, 6) is 0.747. The predicted molar refractivity (Wildman–Crippen MR) is 160 cm³/mol. The van der Waals surface area contributed by atoms with E-state index in [0.717, 1.165) is 30.0 Å². The highest BCUT2D eigenvalue weighted by atomic mass is 16.5. The predicted octanol–water partition coefficient (Wildman–Crippen LogP) is 6.03. The lowest BCUT2D eigenvalue weighted by Gasteiger charge is -2.22. The van der Waals surface area contributed by atoms with Crippen LogP contribution in [-0.4, -0.2) is 60.4 Å². The summed E-state index contributed by atoms with van der Waals surface area (Å²) in [6.07, 6.45) is 5.81. The Bertz CT molecular complexity index is 1230. The molecule has 0 aliphatic carbocycles. The molecule has 216 valence electrons. The van der Waals surface area contributed by atoms with Gasteiger partial charge < -0.3 is 19.7 Å². The highest BCUT2D eigenvalue weighted by molar-refractivity contribution is 5.99. The molecule has 0 saturated carbocycles. The molecule has 0 radical (unpaired) electrons. The Balaban J connectivity index is 1.76. The Morgan fingerprint density at radius 2 is 1.68 bits per heavy atom. The number of hydrogen-bond donors (Lipinski definition) is 1. The summed E-state index contributed by atoms with van der Waals surface area (Å²) < 4.78 is 12.2. The second-order valence-corrected chi connectivity index (χ2v) is 11.0. The molecule has 3 rings (SSSR count). The molecule has 8 heteroatoms. The number of hydrogen-bond acceptors (Lipinski definition) is 5. The van der Waals surface area contributed by atoms with Crippen LogP contribution in [0.2, 0.25) is 0 Å². The molecule has 0 saturated heterocycles. The van der Waals surface area contributed by atoms with Crippen LogP contribution in [0, 0.1) is 0 Å². The van der Waals surface area contributed by atoms with Gasteiger partial charge in [0.25, 0.3) is 5.91 Å². The molecule has 0 bridgehead atoms. The Kier molecular flexibility index (Phi) is 11.3. The highest BCUT2D eigenvalue weighted by Gasteiger charge is 2.23. The van der Waals surface area contributed by atoms with Crippen LogP contribution < -0.4 is 10.1 Å². The van der Waals surface area contributed by atoms with Gasteiger partial charge in [-0.1, -0.05) is 59.1 Å². The van der Waals surface area contributed by atoms with Gasteiger partial charge in [-0.3, -0.25) is 9.59 Å². The molecule has 1 N–H and O–H groups in total. The lowest BCUT2D eigenvalue weighted by molar-refractivity contribution is -0.117. The fraction of sp³-hybridized carbons (Fsp3) is 0.469. The van der Waals surface area contributed by atoms with E-state index < -0.39 is 0 Å². The van der Waals surface area contributed by atoms with Crippen molar-refractivity contribution in [1.82, 2.24) is 14.7 Å². The Labute approximate surface area is 238 Å². The monoisotopic (exact) mass is 548 g/mol. The smallest absolute Gasteiger partial charge is 0.254 e. The second-order valence-electron chi connectivity index (χ2n) is 11.0. The zero-order valence-corrected chi connectivity index (χ0v) is 24.8. The topological polar surface area (TPSA) is 85.7 Å². The van der Waals surface area contributed by atoms with Gasteiger partial charge in [0.2, 0.25) is 5.91 Å². The molecule has 8 nitrogen and oxygen atoms in total. The van der Waals surface area contributed by atoms with E-state index in [4.69, 9.17) is 14.6 Å².